The number of anilines is 1. The monoisotopic (exact) mass is 290 g/mol. The van der Waals surface area contributed by atoms with Crippen LogP contribution in [0.3, 0.4) is 0 Å². The van der Waals surface area contributed by atoms with Crippen LogP contribution < -0.4 is 10.1 Å². The summed E-state index contributed by atoms with van der Waals surface area (Å²) < 4.78 is 7.31. The maximum atomic E-state index is 11.0. The van der Waals surface area contributed by atoms with E-state index in [2.05, 4.69) is 10.4 Å². The van der Waals surface area contributed by atoms with E-state index in [9.17, 15) is 10.1 Å². The third kappa shape index (κ3) is 4.20. The van der Waals surface area contributed by atoms with Gasteiger partial charge in [0.1, 0.15) is 0 Å². The highest BCUT2D eigenvalue weighted by molar-refractivity contribution is 5.58. The minimum Gasteiger partial charge on any atom is -0.484 e. The summed E-state index contributed by atoms with van der Waals surface area (Å²) in [6.45, 7) is 5.05. The van der Waals surface area contributed by atoms with Crippen LogP contribution in [0.4, 0.5) is 11.4 Å². The van der Waals surface area contributed by atoms with Crippen molar-refractivity contribution in [3.63, 3.8) is 0 Å². The minimum absolute atomic E-state index is 0.0265. The number of hydrogen-bond acceptors (Lipinski definition) is 5. The molecule has 0 aliphatic rings. The summed E-state index contributed by atoms with van der Waals surface area (Å²) in [6.07, 6.45) is 3.48. The van der Waals surface area contributed by atoms with Crippen LogP contribution in [0.15, 0.2) is 36.7 Å². The zero-order valence-electron chi connectivity index (χ0n) is 12.0. The molecular formula is C14H18N4O3. The fourth-order valence-electron chi connectivity index (χ4n) is 1.87. The van der Waals surface area contributed by atoms with Gasteiger partial charge in [0, 0.05) is 36.8 Å². The van der Waals surface area contributed by atoms with Crippen LogP contribution >= 0.6 is 0 Å². The lowest BCUT2D eigenvalue weighted by Crippen LogP contribution is -2.11. The predicted molar refractivity (Wildman–Crippen MR) is 79.6 cm³/mol. The molecule has 0 atom stereocenters. The maximum Gasteiger partial charge on any atom is 0.311 e. The van der Waals surface area contributed by atoms with Crippen molar-refractivity contribution in [2.24, 2.45) is 0 Å². The number of benzene rings is 1. The summed E-state index contributed by atoms with van der Waals surface area (Å²) >= 11 is 0. The summed E-state index contributed by atoms with van der Waals surface area (Å²) in [5.74, 6) is 0.277. The lowest BCUT2D eigenvalue weighted by atomic mass is 10.2. The molecule has 0 bridgehead atoms. The molecule has 1 N–H and O–H groups in total. The number of nitrogens with zero attached hydrogens (tertiary/aromatic N) is 3. The van der Waals surface area contributed by atoms with E-state index in [-0.39, 0.29) is 17.5 Å². The summed E-state index contributed by atoms with van der Waals surface area (Å²) in [5, 5.41) is 18.3. The molecule has 1 aromatic carbocycles. The molecule has 2 aromatic rings. The Kier molecular flexibility index (Phi) is 4.76. The second kappa shape index (κ2) is 6.74. The highest BCUT2D eigenvalue weighted by Crippen LogP contribution is 2.30. The average molecular weight is 290 g/mol. The second-order valence-electron chi connectivity index (χ2n) is 4.80. The highest BCUT2D eigenvalue weighted by Gasteiger charge is 2.16. The van der Waals surface area contributed by atoms with Crippen LogP contribution in [0.2, 0.25) is 0 Å². The molecular weight excluding hydrogens is 272 g/mol. The Morgan fingerprint density at radius 3 is 2.90 bits per heavy atom. The van der Waals surface area contributed by atoms with Gasteiger partial charge in [0.05, 0.1) is 17.6 Å². The highest BCUT2D eigenvalue weighted by atomic mass is 16.6. The van der Waals surface area contributed by atoms with E-state index in [4.69, 9.17) is 4.74 Å². The zero-order valence-corrected chi connectivity index (χ0v) is 12.0. The van der Waals surface area contributed by atoms with Gasteiger partial charge in [-0.25, -0.2) is 0 Å². The summed E-state index contributed by atoms with van der Waals surface area (Å²) in [6, 6.07) is 6.64. The number of nitro benzene ring substituents is 1. The van der Waals surface area contributed by atoms with Crippen molar-refractivity contribution < 1.29 is 9.66 Å². The summed E-state index contributed by atoms with van der Waals surface area (Å²) in [4.78, 5) is 10.5. The van der Waals surface area contributed by atoms with E-state index >= 15 is 0 Å². The first-order chi connectivity index (χ1) is 10.1. The van der Waals surface area contributed by atoms with Gasteiger partial charge < -0.3 is 10.1 Å². The Hall–Kier alpha value is -2.57. The quantitative estimate of drug-likeness (QED) is 0.626. The molecule has 2 rings (SSSR count). The van der Waals surface area contributed by atoms with E-state index in [1.165, 1.54) is 6.07 Å². The van der Waals surface area contributed by atoms with Crippen molar-refractivity contribution >= 4 is 11.4 Å². The van der Waals surface area contributed by atoms with Gasteiger partial charge >= 0.3 is 5.69 Å². The van der Waals surface area contributed by atoms with Crippen molar-refractivity contribution in [1.82, 2.24) is 9.78 Å². The lowest BCUT2D eigenvalue weighted by Gasteiger charge is -2.12. The number of rotatable bonds is 7. The first-order valence-electron chi connectivity index (χ1n) is 6.72. The Morgan fingerprint density at radius 1 is 1.48 bits per heavy atom. The molecule has 0 spiro atoms. The van der Waals surface area contributed by atoms with E-state index in [0.717, 1.165) is 5.69 Å². The third-order valence-corrected chi connectivity index (χ3v) is 2.75. The lowest BCUT2D eigenvalue weighted by molar-refractivity contribution is -0.386. The van der Waals surface area contributed by atoms with Gasteiger partial charge in [-0.15, -0.1) is 0 Å². The van der Waals surface area contributed by atoms with Crippen LogP contribution in [0.25, 0.3) is 0 Å². The molecule has 0 fully saturated rings. The first-order valence-corrected chi connectivity index (χ1v) is 6.72. The van der Waals surface area contributed by atoms with Crippen molar-refractivity contribution in [2.75, 3.05) is 11.9 Å². The predicted octanol–water partition coefficient (Wildman–Crippen LogP) is 2.69. The van der Waals surface area contributed by atoms with E-state index in [1.807, 2.05) is 30.8 Å². The second-order valence-corrected chi connectivity index (χ2v) is 4.80. The minimum atomic E-state index is -0.439. The normalized spacial score (nSPS) is 10.6. The van der Waals surface area contributed by atoms with Gasteiger partial charge in [-0.3, -0.25) is 14.8 Å². The van der Waals surface area contributed by atoms with Gasteiger partial charge in [-0.1, -0.05) is 0 Å². The van der Waals surface area contributed by atoms with Gasteiger partial charge in [0.25, 0.3) is 0 Å². The molecule has 0 saturated heterocycles. The van der Waals surface area contributed by atoms with Gasteiger partial charge in [0.15, 0.2) is 5.75 Å². The van der Waals surface area contributed by atoms with E-state index < -0.39 is 4.92 Å². The zero-order chi connectivity index (χ0) is 15.2. The van der Waals surface area contributed by atoms with Crippen LogP contribution in [-0.4, -0.2) is 27.4 Å². The molecule has 0 unspecified atom stereocenters. The van der Waals surface area contributed by atoms with Crippen molar-refractivity contribution in [1.29, 1.82) is 0 Å². The molecule has 21 heavy (non-hydrogen) atoms. The van der Waals surface area contributed by atoms with Crippen LogP contribution in [0.1, 0.15) is 13.8 Å². The Bertz CT molecular complexity index is 596. The topological polar surface area (TPSA) is 82.2 Å². The van der Waals surface area contributed by atoms with Crippen LogP contribution in [-0.2, 0) is 6.54 Å². The maximum absolute atomic E-state index is 11.0. The number of nitro groups is 1. The van der Waals surface area contributed by atoms with Crippen molar-refractivity contribution in [2.45, 2.75) is 26.5 Å². The molecule has 1 heterocycles. The van der Waals surface area contributed by atoms with Crippen LogP contribution in [0, 0.1) is 10.1 Å². The molecule has 7 heteroatoms. The fourth-order valence-corrected chi connectivity index (χ4v) is 1.87. The molecule has 0 aliphatic carbocycles. The molecule has 7 nitrogen and oxygen atoms in total. The van der Waals surface area contributed by atoms with Gasteiger partial charge in [-0.05, 0) is 26.0 Å². The average Bonchev–Trinajstić information content (AvgIpc) is 2.91. The Balaban J connectivity index is 2.04. The van der Waals surface area contributed by atoms with Crippen LogP contribution in [0.5, 0.6) is 5.75 Å². The molecule has 112 valence electrons. The Labute approximate surface area is 122 Å². The smallest absolute Gasteiger partial charge is 0.311 e. The first kappa shape index (κ1) is 14.8. The largest absolute Gasteiger partial charge is 0.484 e. The number of aromatic nitrogens is 2. The molecule has 1 aromatic heterocycles. The van der Waals surface area contributed by atoms with E-state index in [0.29, 0.717) is 13.1 Å². The molecule has 0 amide bonds. The fraction of sp³-hybridized carbons (Fsp3) is 0.357. The SMILES string of the molecule is CC(C)Oc1cc(NCCn2cccn2)ccc1[N+](=O)[O-]. The number of nitrogens with one attached hydrogen (secondary N) is 1. The van der Waals surface area contributed by atoms with E-state index in [1.54, 1.807) is 18.3 Å². The summed E-state index contributed by atoms with van der Waals surface area (Å²) in [7, 11) is 0. The summed E-state index contributed by atoms with van der Waals surface area (Å²) in [5.41, 5.74) is 0.754. The van der Waals surface area contributed by atoms with Crippen molar-refractivity contribution in [3.05, 3.63) is 46.8 Å². The molecule has 0 radical (unpaired) electrons. The number of hydrogen-bond donors (Lipinski definition) is 1. The van der Waals surface area contributed by atoms with Gasteiger partial charge in [-0.2, -0.15) is 5.10 Å². The molecule has 0 saturated carbocycles. The number of ether oxygens (including phenoxy) is 1. The van der Waals surface area contributed by atoms with Gasteiger partial charge in [0.2, 0.25) is 0 Å². The molecule has 0 aliphatic heterocycles. The van der Waals surface area contributed by atoms with Crippen molar-refractivity contribution in [3.8, 4) is 5.75 Å². The standard InChI is InChI=1S/C14H18N4O3/c1-11(2)21-14-10-12(4-5-13(14)18(19)20)15-7-9-17-8-3-6-16-17/h3-6,8,10-11,15H,7,9H2,1-2H3. The Morgan fingerprint density at radius 2 is 2.29 bits per heavy atom. The third-order valence-electron chi connectivity index (χ3n) is 2.75.